The van der Waals surface area contributed by atoms with Crippen molar-refractivity contribution < 1.29 is 9.72 Å². The van der Waals surface area contributed by atoms with Crippen LogP contribution in [0.5, 0.6) is 0 Å². The van der Waals surface area contributed by atoms with Gasteiger partial charge in [0.25, 0.3) is 11.6 Å². The predicted octanol–water partition coefficient (Wildman–Crippen LogP) is 3.24. The van der Waals surface area contributed by atoms with Crippen LogP contribution in [0.2, 0.25) is 0 Å². The fourth-order valence-electron chi connectivity index (χ4n) is 1.76. The Balaban J connectivity index is 2.62. The van der Waals surface area contributed by atoms with Gasteiger partial charge in [-0.3, -0.25) is 14.9 Å². The van der Waals surface area contributed by atoms with Gasteiger partial charge >= 0.3 is 0 Å². The van der Waals surface area contributed by atoms with Crippen LogP contribution in [0, 0.1) is 17.0 Å². The lowest BCUT2D eigenvalue weighted by Crippen LogP contribution is -2.25. The Bertz CT molecular complexity index is 463. The maximum Gasteiger partial charge on any atom is 0.273 e. The van der Waals surface area contributed by atoms with Crippen molar-refractivity contribution >= 4 is 34.2 Å². The lowest BCUT2D eigenvalue weighted by atomic mass is 10.1. The second-order valence-corrected chi connectivity index (χ2v) is 5.29. The zero-order valence-corrected chi connectivity index (χ0v) is 13.0. The molecule has 1 aromatic carbocycles. The highest BCUT2D eigenvalue weighted by Gasteiger charge is 2.17. The number of carbonyl (C=O) groups is 1. The van der Waals surface area contributed by atoms with E-state index in [9.17, 15) is 14.9 Å². The summed E-state index contributed by atoms with van der Waals surface area (Å²) in [5.74, 6) is -0.240. The number of alkyl halides is 1. The number of rotatable bonds is 7. The Kier molecular flexibility index (Phi) is 6.75. The zero-order valence-electron chi connectivity index (χ0n) is 10.8. The highest BCUT2D eigenvalue weighted by molar-refractivity contribution is 14.1. The first-order valence-electron chi connectivity index (χ1n) is 6.16. The third kappa shape index (κ3) is 4.77. The Hall–Kier alpha value is -1.18. The van der Waals surface area contributed by atoms with Crippen molar-refractivity contribution in [1.29, 1.82) is 0 Å². The first-order chi connectivity index (χ1) is 9.07. The minimum atomic E-state index is -0.466. The summed E-state index contributed by atoms with van der Waals surface area (Å²) < 4.78 is 1.12. The molecule has 1 amide bonds. The minimum Gasteiger partial charge on any atom is -0.352 e. The summed E-state index contributed by atoms with van der Waals surface area (Å²) in [5.41, 5.74) is 0.776. The van der Waals surface area contributed by atoms with Crippen LogP contribution in [0.3, 0.4) is 0 Å². The summed E-state index contributed by atoms with van der Waals surface area (Å²) in [4.78, 5) is 22.3. The van der Waals surface area contributed by atoms with E-state index in [2.05, 4.69) is 27.9 Å². The summed E-state index contributed by atoms with van der Waals surface area (Å²) in [6.45, 7) is 2.21. The Morgan fingerprint density at radius 1 is 1.37 bits per heavy atom. The standard InChI is InChI=1S/C13H17IN2O3/c1-10-11(6-5-7-12(10)16(18)19)13(17)15-9-4-2-3-8-14/h5-7H,2-4,8-9H2,1H3,(H,15,17). The smallest absolute Gasteiger partial charge is 0.273 e. The van der Waals surface area contributed by atoms with Crippen molar-refractivity contribution in [1.82, 2.24) is 5.32 Å². The van der Waals surface area contributed by atoms with E-state index in [0.29, 0.717) is 17.7 Å². The fourth-order valence-corrected chi connectivity index (χ4v) is 2.30. The van der Waals surface area contributed by atoms with Gasteiger partial charge in [-0.1, -0.05) is 35.1 Å². The fraction of sp³-hybridized carbons (Fsp3) is 0.462. The molecule has 0 heterocycles. The highest BCUT2D eigenvalue weighted by atomic mass is 127. The van der Waals surface area contributed by atoms with Crippen molar-refractivity contribution in [2.24, 2.45) is 0 Å². The quantitative estimate of drug-likeness (QED) is 0.261. The van der Waals surface area contributed by atoms with Crippen LogP contribution in [0.25, 0.3) is 0 Å². The normalized spacial score (nSPS) is 10.2. The predicted molar refractivity (Wildman–Crippen MR) is 82.9 cm³/mol. The Labute approximate surface area is 126 Å². The van der Waals surface area contributed by atoms with Crippen LogP contribution in [-0.2, 0) is 0 Å². The Morgan fingerprint density at radius 2 is 2.11 bits per heavy atom. The van der Waals surface area contributed by atoms with Gasteiger partial charge < -0.3 is 5.32 Å². The molecule has 1 rings (SSSR count). The molecule has 0 spiro atoms. The summed E-state index contributed by atoms with van der Waals surface area (Å²) in [7, 11) is 0. The van der Waals surface area contributed by atoms with Crippen molar-refractivity contribution in [2.75, 3.05) is 11.0 Å². The number of hydrogen-bond acceptors (Lipinski definition) is 3. The molecule has 0 unspecified atom stereocenters. The molecule has 0 saturated carbocycles. The van der Waals surface area contributed by atoms with Gasteiger partial charge in [-0.05, 0) is 30.3 Å². The Morgan fingerprint density at radius 3 is 2.74 bits per heavy atom. The molecular weight excluding hydrogens is 359 g/mol. The number of nitro groups is 1. The van der Waals surface area contributed by atoms with Crippen molar-refractivity contribution in [3.05, 3.63) is 39.4 Å². The van der Waals surface area contributed by atoms with E-state index >= 15 is 0 Å². The molecule has 0 radical (unpaired) electrons. The van der Waals surface area contributed by atoms with Gasteiger partial charge in [-0.25, -0.2) is 0 Å². The van der Waals surface area contributed by atoms with Gasteiger partial charge in [0, 0.05) is 23.7 Å². The molecule has 19 heavy (non-hydrogen) atoms. The van der Waals surface area contributed by atoms with Crippen LogP contribution < -0.4 is 5.32 Å². The van der Waals surface area contributed by atoms with Gasteiger partial charge in [-0.2, -0.15) is 0 Å². The van der Waals surface area contributed by atoms with Crippen LogP contribution >= 0.6 is 22.6 Å². The number of carbonyl (C=O) groups excluding carboxylic acids is 1. The van der Waals surface area contributed by atoms with Crippen LogP contribution in [0.4, 0.5) is 5.69 Å². The molecule has 1 N–H and O–H groups in total. The maximum absolute atomic E-state index is 11.9. The molecule has 104 valence electrons. The van der Waals surface area contributed by atoms with Gasteiger partial charge in [0.15, 0.2) is 0 Å². The minimum absolute atomic E-state index is 0.0161. The van der Waals surface area contributed by atoms with E-state index in [-0.39, 0.29) is 11.6 Å². The molecule has 1 aromatic rings. The van der Waals surface area contributed by atoms with Crippen LogP contribution in [0.15, 0.2) is 18.2 Å². The number of nitro benzene ring substituents is 1. The SMILES string of the molecule is Cc1c(C(=O)NCCCCCI)cccc1[N+](=O)[O-]. The molecular formula is C13H17IN2O3. The average molecular weight is 376 g/mol. The molecule has 5 nitrogen and oxygen atoms in total. The van der Waals surface area contributed by atoms with Crippen molar-refractivity contribution in [3.8, 4) is 0 Å². The number of nitrogens with one attached hydrogen (secondary N) is 1. The third-order valence-corrected chi connectivity index (χ3v) is 3.61. The molecule has 0 aromatic heterocycles. The first kappa shape index (κ1) is 15.9. The molecule has 0 saturated heterocycles. The summed E-state index contributed by atoms with van der Waals surface area (Å²) in [5, 5.41) is 13.6. The second kappa shape index (κ2) is 8.08. The maximum atomic E-state index is 11.9. The topological polar surface area (TPSA) is 72.2 Å². The zero-order chi connectivity index (χ0) is 14.3. The van der Waals surface area contributed by atoms with E-state index < -0.39 is 4.92 Å². The number of benzene rings is 1. The van der Waals surface area contributed by atoms with Crippen LogP contribution in [-0.4, -0.2) is 21.8 Å². The van der Waals surface area contributed by atoms with Gasteiger partial charge in [-0.15, -0.1) is 0 Å². The third-order valence-electron chi connectivity index (χ3n) is 2.84. The number of amides is 1. The summed E-state index contributed by atoms with van der Waals surface area (Å²) in [6.07, 6.45) is 3.16. The van der Waals surface area contributed by atoms with E-state index in [0.717, 1.165) is 23.7 Å². The van der Waals surface area contributed by atoms with Gasteiger partial charge in [0.1, 0.15) is 0 Å². The first-order valence-corrected chi connectivity index (χ1v) is 7.68. The molecule has 0 aliphatic carbocycles. The number of hydrogen-bond donors (Lipinski definition) is 1. The van der Waals surface area contributed by atoms with Crippen LogP contribution in [0.1, 0.15) is 35.2 Å². The van der Waals surface area contributed by atoms with E-state index in [4.69, 9.17) is 0 Å². The number of halogens is 1. The monoisotopic (exact) mass is 376 g/mol. The van der Waals surface area contributed by atoms with Gasteiger partial charge in [0.2, 0.25) is 0 Å². The van der Waals surface area contributed by atoms with Crippen molar-refractivity contribution in [2.45, 2.75) is 26.2 Å². The molecule has 0 atom stereocenters. The average Bonchev–Trinajstić information content (AvgIpc) is 2.38. The number of nitrogens with zero attached hydrogens (tertiary/aromatic N) is 1. The molecule has 0 fully saturated rings. The number of unbranched alkanes of at least 4 members (excludes halogenated alkanes) is 2. The van der Waals surface area contributed by atoms with E-state index in [1.807, 2.05) is 0 Å². The lowest BCUT2D eigenvalue weighted by Gasteiger charge is -2.07. The summed E-state index contributed by atoms with van der Waals surface area (Å²) in [6, 6.07) is 4.56. The lowest BCUT2D eigenvalue weighted by molar-refractivity contribution is -0.385. The second-order valence-electron chi connectivity index (χ2n) is 4.21. The van der Waals surface area contributed by atoms with E-state index in [1.54, 1.807) is 13.0 Å². The highest BCUT2D eigenvalue weighted by Crippen LogP contribution is 2.20. The van der Waals surface area contributed by atoms with Crippen molar-refractivity contribution in [3.63, 3.8) is 0 Å². The van der Waals surface area contributed by atoms with E-state index in [1.165, 1.54) is 12.1 Å². The molecule has 0 aliphatic rings. The summed E-state index contributed by atoms with van der Waals surface area (Å²) >= 11 is 2.32. The molecule has 6 heteroatoms. The molecule has 0 bridgehead atoms. The van der Waals surface area contributed by atoms with Gasteiger partial charge in [0.05, 0.1) is 4.92 Å². The largest absolute Gasteiger partial charge is 0.352 e. The molecule has 0 aliphatic heterocycles.